The van der Waals surface area contributed by atoms with Crippen LogP contribution in [0.3, 0.4) is 0 Å². The first-order chi connectivity index (χ1) is 9.25. The molecule has 4 nitrogen and oxygen atoms in total. The van der Waals surface area contributed by atoms with Gasteiger partial charge in [-0.2, -0.15) is 4.31 Å². The molecule has 0 saturated carbocycles. The first kappa shape index (κ1) is 15.2. The quantitative estimate of drug-likeness (QED) is 0.872. The summed E-state index contributed by atoms with van der Waals surface area (Å²) in [6.07, 6.45) is 1.44. The van der Waals surface area contributed by atoms with Gasteiger partial charge in [-0.1, -0.05) is 13.8 Å². The van der Waals surface area contributed by atoms with E-state index in [2.05, 4.69) is 0 Å². The van der Waals surface area contributed by atoms with E-state index in [1.54, 1.807) is 0 Å². The Bertz CT molecular complexity index is 617. The average molecular weight is 304 g/mol. The van der Waals surface area contributed by atoms with Gasteiger partial charge in [0.1, 0.15) is 4.90 Å². The molecule has 20 heavy (non-hydrogen) atoms. The highest BCUT2D eigenvalue weighted by atomic mass is 32.2. The molecule has 2 rings (SSSR count). The minimum atomic E-state index is -4.07. The monoisotopic (exact) mass is 304 g/mol. The third kappa shape index (κ3) is 2.52. The number of nitrogens with two attached hydrogens (primary N) is 1. The van der Waals surface area contributed by atoms with Crippen molar-refractivity contribution >= 4 is 15.7 Å². The number of hydrogen-bond acceptors (Lipinski definition) is 3. The zero-order chi connectivity index (χ0) is 15.1. The Morgan fingerprint density at radius 1 is 1.35 bits per heavy atom. The molecule has 7 heteroatoms. The molecule has 1 aliphatic heterocycles. The second-order valence-electron chi connectivity index (χ2n) is 5.38. The zero-order valence-electron chi connectivity index (χ0n) is 11.4. The lowest BCUT2D eigenvalue weighted by Gasteiger charge is -2.27. The second kappa shape index (κ2) is 5.29. The number of halogens is 2. The first-order valence-electron chi connectivity index (χ1n) is 6.51. The van der Waals surface area contributed by atoms with Gasteiger partial charge in [-0.25, -0.2) is 17.2 Å². The highest BCUT2D eigenvalue weighted by molar-refractivity contribution is 7.89. The second-order valence-corrected chi connectivity index (χ2v) is 7.24. The molecule has 0 radical (unpaired) electrons. The van der Waals surface area contributed by atoms with E-state index in [-0.39, 0.29) is 17.6 Å². The zero-order valence-corrected chi connectivity index (χ0v) is 12.3. The van der Waals surface area contributed by atoms with Crippen LogP contribution in [-0.4, -0.2) is 25.3 Å². The van der Waals surface area contributed by atoms with Gasteiger partial charge in [0, 0.05) is 18.3 Å². The van der Waals surface area contributed by atoms with Gasteiger partial charge in [-0.05, 0) is 30.9 Å². The van der Waals surface area contributed by atoms with Crippen LogP contribution in [0.2, 0.25) is 0 Å². The highest BCUT2D eigenvalue weighted by Gasteiger charge is 2.38. The van der Waals surface area contributed by atoms with Crippen molar-refractivity contribution in [1.82, 2.24) is 4.31 Å². The van der Waals surface area contributed by atoms with Gasteiger partial charge in [0.05, 0.1) is 0 Å². The summed E-state index contributed by atoms with van der Waals surface area (Å²) in [5, 5.41) is 0. The van der Waals surface area contributed by atoms with Crippen molar-refractivity contribution in [1.29, 1.82) is 0 Å². The van der Waals surface area contributed by atoms with Crippen LogP contribution in [0.5, 0.6) is 0 Å². The van der Waals surface area contributed by atoms with Gasteiger partial charge < -0.3 is 5.73 Å². The predicted octanol–water partition coefficient (Wildman–Crippen LogP) is 2.36. The van der Waals surface area contributed by atoms with Gasteiger partial charge in [0.15, 0.2) is 11.6 Å². The Kier molecular flexibility index (Phi) is 4.02. The lowest BCUT2D eigenvalue weighted by Crippen LogP contribution is -2.39. The number of sulfonamides is 1. The van der Waals surface area contributed by atoms with Gasteiger partial charge in [-0.3, -0.25) is 0 Å². The summed E-state index contributed by atoms with van der Waals surface area (Å²) in [5.74, 6) is -2.50. The number of hydrogen-bond donors (Lipinski definition) is 1. The Morgan fingerprint density at radius 3 is 2.60 bits per heavy atom. The summed E-state index contributed by atoms with van der Waals surface area (Å²) in [5.41, 5.74) is 5.32. The summed E-state index contributed by atoms with van der Waals surface area (Å²) < 4.78 is 53.5. The standard InChI is InChI=1S/C13H18F2N2O2S/c1-8(2)11-4-3-5-17(11)20(18,19)12-7-9(16)6-10(14)13(12)15/h6-8,11H,3-5,16H2,1-2H3. The van der Waals surface area contributed by atoms with E-state index in [1.165, 1.54) is 4.31 Å². The molecule has 0 aromatic heterocycles. The van der Waals surface area contributed by atoms with Crippen molar-refractivity contribution in [3.63, 3.8) is 0 Å². The molecule has 112 valence electrons. The molecule has 1 unspecified atom stereocenters. The number of nitrogen functional groups attached to an aromatic ring is 1. The maximum Gasteiger partial charge on any atom is 0.246 e. The Labute approximate surface area is 117 Å². The molecular weight excluding hydrogens is 286 g/mol. The molecule has 0 amide bonds. The highest BCUT2D eigenvalue weighted by Crippen LogP contribution is 2.32. The normalized spacial score (nSPS) is 20.8. The summed E-state index contributed by atoms with van der Waals surface area (Å²) in [7, 11) is -4.07. The third-order valence-electron chi connectivity index (χ3n) is 3.62. The fraction of sp³-hybridized carbons (Fsp3) is 0.538. The van der Waals surface area contributed by atoms with Crippen molar-refractivity contribution < 1.29 is 17.2 Å². The molecule has 1 aliphatic rings. The van der Waals surface area contributed by atoms with Crippen LogP contribution >= 0.6 is 0 Å². The molecule has 1 aromatic carbocycles. The van der Waals surface area contributed by atoms with Crippen LogP contribution in [0.4, 0.5) is 14.5 Å². The van der Waals surface area contributed by atoms with Gasteiger partial charge in [0.2, 0.25) is 10.0 Å². The lowest BCUT2D eigenvalue weighted by atomic mass is 10.0. The Morgan fingerprint density at radius 2 is 2.00 bits per heavy atom. The molecular formula is C13H18F2N2O2S. The van der Waals surface area contributed by atoms with Crippen molar-refractivity contribution in [2.45, 2.75) is 37.6 Å². The van der Waals surface area contributed by atoms with E-state index in [0.717, 1.165) is 18.6 Å². The van der Waals surface area contributed by atoms with Crippen molar-refractivity contribution in [2.75, 3.05) is 12.3 Å². The maximum atomic E-state index is 13.8. The van der Waals surface area contributed by atoms with Gasteiger partial charge in [-0.15, -0.1) is 0 Å². The fourth-order valence-corrected chi connectivity index (χ4v) is 4.56. The molecule has 1 heterocycles. The molecule has 1 saturated heterocycles. The van der Waals surface area contributed by atoms with Crippen LogP contribution in [0.1, 0.15) is 26.7 Å². The van der Waals surface area contributed by atoms with E-state index >= 15 is 0 Å². The van der Waals surface area contributed by atoms with Crippen LogP contribution in [0, 0.1) is 17.6 Å². The van der Waals surface area contributed by atoms with Crippen molar-refractivity contribution in [3.8, 4) is 0 Å². The minimum Gasteiger partial charge on any atom is -0.399 e. The fourth-order valence-electron chi connectivity index (χ4n) is 2.63. The van der Waals surface area contributed by atoms with Crippen LogP contribution < -0.4 is 5.73 Å². The average Bonchev–Trinajstić information content (AvgIpc) is 2.83. The predicted molar refractivity (Wildman–Crippen MR) is 72.5 cm³/mol. The lowest BCUT2D eigenvalue weighted by molar-refractivity contribution is 0.314. The number of benzene rings is 1. The minimum absolute atomic E-state index is 0.109. The number of anilines is 1. The SMILES string of the molecule is CC(C)C1CCCN1S(=O)(=O)c1cc(N)cc(F)c1F. The number of rotatable bonds is 3. The van der Waals surface area contributed by atoms with E-state index in [9.17, 15) is 17.2 Å². The Balaban J connectivity index is 2.51. The van der Waals surface area contributed by atoms with Crippen molar-refractivity contribution in [2.24, 2.45) is 5.92 Å². The molecule has 0 bridgehead atoms. The topological polar surface area (TPSA) is 63.4 Å². The molecule has 0 spiro atoms. The summed E-state index contributed by atoms with van der Waals surface area (Å²) in [6, 6.07) is 1.56. The largest absolute Gasteiger partial charge is 0.399 e. The summed E-state index contributed by atoms with van der Waals surface area (Å²) in [4.78, 5) is -0.678. The van der Waals surface area contributed by atoms with E-state index in [0.29, 0.717) is 13.0 Å². The first-order valence-corrected chi connectivity index (χ1v) is 7.95. The van der Waals surface area contributed by atoms with Crippen molar-refractivity contribution in [3.05, 3.63) is 23.8 Å². The van der Waals surface area contributed by atoms with E-state index in [1.807, 2.05) is 13.8 Å². The van der Waals surface area contributed by atoms with Crippen LogP contribution in [-0.2, 0) is 10.0 Å². The Hall–Kier alpha value is -1.21. The van der Waals surface area contributed by atoms with Crippen LogP contribution in [0.15, 0.2) is 17.0 Å². The van der Waals surface area contributed by atoms with E-state index in [4.69, 9.17) is 5.73 Å². The van der Waals surface area contributed by atoms with Gasteiger partial charge in [0.25, 0.3) is 0 Å². The smallest absolute Gasteiger partial charge is 0.246 e. The van der Waals surface area contributed by atoms with Crippen LogP contribution in [0.25, 0.3) is 0 Å². The summed E-state index contributed by atoms with van der Waals surface area (Å²) >= 11 is 0. The van der Waals surface area contributed by atoms with Gasteiger partial charge >= 0.3 is 0 Å². The molecule has 1 atom stereocenters. The molecule has 0 aliphatic carbocycles. The maximum absolute atomic E-state index is 13.8. The van der Waals surface area contributed by atoms with E-state index < -0.39 is 26.6 Å². The summed E-state index contributed by atoms with van der Waals surface area (Å²) in [6.45, 7) is 4.14. The molecule has 1 aromatic rings. The third-order valence-corrected chi connectivity index (χ3v) is 5.55. The molecule has 1 fully saturated rings. The molecule has 2 N–H and O–H groups in total. The number of nitrogens with zero attached hydrogens (tertiary/aromatic N) is 1.